The third-order valence-corrected chi connectivity index (χ3v) is 3.09. The summed E-state index contributed by atoms with van der Waals surface area (Å²) in [4.78, 5) is 4.03. The van der Waals surface area contributed by atoms with Crippen LogP contribution in [0, 0.1) is 5.82 Å². The van der Waals surface area contributed by atoms with Gasteiger partial charge in [-0.05, 0) is 17.7 Å². The fourth-order valence-electron chi connectivity index (χ4n) is 1.56. The van der Waals surface area contributed by atoms with Crippen molar-refractivity contribution in [1.29, 1.82) is 0 Å². The van der Waals surface area contributed by atoms with Crippen molar-refractivity contribution in [3.8, 4) is 0 Å². The number of alkyl halides is 3. The third kappa shape index (κ3) is 3.74. The van der Waals surface area contributed by atoms with Gasteiger partial charge in [-0.15, -0.1) is 11.3 Å². The molecular formula is C12H10F4N2S. The van der Waals surface area contributed by atoms with E-state index in [0.717, 1.165) is 17.8 Å². The van der Waals surface area contributed by atoms with Gasteiger partial charge in [0, 0.05) is 18.5 Å². The van der Waals surface area contributed by atoms with Gasteiger partial charge < -0.3 is 5.32 Å². The molecule has 1 heterocycles. The van der Waals surface area contributed by atoms with Gasteiger partial charge in [0.2, 0.25) is 0 Å². The van der Waals surface area contributed by atoms with Crippen molar-refractivity contribution in [1.82, 2.24) is 10.3 Å². The zero-order chi connectivity index (χ0) is 13.9. The predicted molar refractivity (Wildman–Crippen MR) is 64.1 cm³/mol. The first kappa shape index (κ1) is 14.0. The Morgan fingerprint density at radius 2 is 2.00 bits per heavy atom. The Hall–Kier alpha value is -1.47. The molecule has 2 rings (SSSR count). The summed E-state index contributed by atoms with van der Waals surface area (Å²) in [6.07, 6.45) is -4.67. The number of benzene rings is 1. The highest BCUT2D eigenvalue weighted by molar-refractivity contribution is 7.07. The zero-order valence-electron chi connectivity index (χ0n) is 9.67. The van der Waals surface area contributed by atoms with Crippen molar-refractivity contribution in [3.05, 3.63) is 51.7 Å². The maximum Gasteiger partial charge on any atom is 0.419 e. The number of nitrogens with zero attached hydrogens (tertiary/aromatic N) is 1. The van der Waals surface area contributed by atoms with Gasteiger partial charge in [-0.25, -0.2) is 9.37 Å². The first-order valence-corrected chi connectivity index (χ1v) is 6.34. The number of halogens is 4. The average molecular weight is 290 g/mol. The third-order valence-electron chi connectivity index (χ3n) is 2.45. The highest BCUT2D eigenvalue weighted by Gasteiger charge is 2.34. The van der Waals surface area contributed by atoms with Gasteiger partial charge >= 0.3 is 6.18 Å². The molecule has 2 aromatic rings. The van der Waals surface area contributed by atoms with E-state index in [0.29, 0.717) is 12.1 Å². The Bertz CT molecular complexity index is 537. The van der Waals surface area contributed by atoms with Crippen LogP contribution in [0.2, 0.25) is 0 Å². The Morgan fingerprint density at radius 1 is 1.21 bits per heavy atom. The van der Waals surface area contributed by atoms with Crippen molar-refractivity contribution in [2.45, 2.75) is 19.3 Å². The SMILES string of the molecule is Fc1ccc(CNCc2cscn2)cc1C(F)(F)F. The molecule has 0 spiro atoms. The molecular weight excluding hydrogens is 280 g/mol. The smallest absolute Gasteiger partial charge is 0.307 e. The summed E-state index contributed by atoms with van der Waals surface area (Å²) in [6, 6.07) is 2.99. The molecule has 7 heteroatoms. The lowest BCUT2D eigenvalue weighted by Gasteiger charge is -2.10. The number of aromatic nitrogens is 1. The monoisotopic (exact) mass is 290 g/mol. The fourth-order valence-corrected chi connectivity index (χ4v) is 2.12. The molecule has 2 nitrogen and oxygen atoms in total. The van der Waals surface area contributed by atoms with Crippen LogP contribution >= 0.6 is 11.3 Å². The summed E-state index contributed by atoms with van der Waals surface area (Å²) in [7, 11) is 0. The van der Waals surface area contributed by atoms with Crippen molar-refractivity contribution in [3.63, 3.8) is 0 Å². The molecule has 0 amide bonds. The molecule has 0 fully saturated rings. The topological polar surface area (TPSA) is 24.9 Å². The molecule has 1 aromatic carbocycles. The zero-order valence-corrected chi connectivity index (χ0v) is 10.5. The van der Waals surface area contributed by atoms with Crippen LogP contribution in [0.25, 0.3) is 0 Å². The Morgan fingerprint density at radius 3 is 2.63 bits per heavy atom. The lowest BCUT2D eigenvalue weighted by molar-refractivity contribution is -0.140. The van der Waals surface area contributed by atoms with Crippen LogP contribution in [-0.4, -0.2) is 4.98 Å². The van der Waals surface area contributed by atoms with Crippen LogP contribution in [0.1, 0.15) is 16.8 Å². The predicted octanol–water partition coefficient (Wildman–Crippen LogP) is 3.59. The molecule has 19 heavy (non-hydrogen) atoms. The summed E-state index contributed by atoms with van der Waals surface area (Å²) in [5.74, 6) is -1.25. The second kappa shape index (κ2) is 5.66. The van der Waals surface area contributed by atoms with Crippen molar-refractivity contribution < 1.29 is 17.6 Å². The molecule has 1 N–H and O–H groups in total. The normalized spacial score (nSPS) is 11.8. The molecule has 0 aliphatic carbocycles. The van der Waals surface area contributed by atoms with Gasteiger partial charge in [-0.1, -0.05) is 6.07 Å². The van der Waals surface area contributed by atoms with Gasteiger partial charge in [0.1, 0.15) is 5.82 Å². The van der Waals surface area contributed by atoms with E-state index >= 15 is 0 Å². The molecule has 0 unspecified atom stereocenters. The van der Waals surface area contributed by atoms with E-state index < -0.39 is 17.6 Å². The number of nitrogens with one attached hydrogen (secondary N) is 1. The van der Waals surface area contributed by atoms with E-state index in [1.165, 1.54) is 17.4 Å². The number of rotatable bonds is 4. The summed E-state index contributed by atoms with van der Waals surface area (Å²) < 4.78 is 50.6. The fraction of sp³-hybridized carbons (Fsp3) is 0.250. The van der Waals surface area contributed by atoms with Gasteiger partial charge in [-0.3, -0.25) is 0 Å². The molecule has 0 atom stereocenters. The summed E-state index contributed by atoms with van der Waals surface area (Å²) in [5.41, 5.74) is 1.64. The van der Waals surface area contributed by atoms with Gasteiger partial charge in [0.05, 0.1) is 16.8 Å². The number of thiazole rings is 1. The highest BCUT2D eigenvalue weighted by Crippen LogP contribution is 2.31. The largest absolute Gasteiger partial charge is 0.419 e. The molecule has 0 saturated carbocycles. The average Bonchev–Trinajstić information content (AvgIpc) is 2.83. The Kier molecular flexibility index (Phi) is 4.16. The van der Waals surface area contributed by atoms with Crippen LogP contribution < -0.4 is 5.32 Å². The molecule has 1 aromatic heterocycles. The first-order valence-electron chi connectivity index (χ1n) is 5.40. The summed E-state index contributed by atoms with van der Waals surface area (Å²) >= 11 is 1.44. The summed E-state index contributed by atoms with van der Waals surface area (Å²) in [6.45, 7) is 0.684. The second-order valence-corrected chi connectivity index (χ2v) is 4.61. The van der Waals surface area contributed by atoms with Crippen LogP contribution in [0.3, 0.4) is 0 Å². The molecule has 0 bridgehead atoms. The maximum absolute atomic E-state index is 13.1. The molecule has 0 saturated heterocycles. The second-order valence-electron chi connectivity index (χ2n) is 3.90. The van der Waals surface area contributed by atoms with Gasteiger partial charge in [0.25, 0.3) is 0 Å². The molecule has 0 aliphatic rings. The van der Waals surface area contributed by atoms with E-state index in [4.69, 9.17) is 0 Å². The van der Waals surface area contributed by atoms with Crippen molar-refractivity contribution in [2.75, 3.05) is 0 Å². The lowest BCUT2D eigenvalue weighted by atomic mass is 10.1. The van der Waals surface area contributed by atoms with Crippen LogP contribution in [0.15, 0.2) is 29.1 Å². The standard InChI is InChI=1S/C12H10F4N2S/c13-11-2-1-8(3-10(11)12(14,15)16)4-17-5-9-6-19-7-18-9/h1-3,6-7,17H,4-5H2. The minimum atomic E-state index is -4.67. The quantitative estimate of drug-likeness (QED) is 0.870. The van der Waals surface area contributed by atoms with E-state index in [1.54, 1.807) is 5.51 Å². The Labute approximate surface area is 111 Å². The van der Waals surface area contributed by atoms with Crippen LogP contribution in [0.4, 0.5) is 17.6 Å². The van der Waals surface area contributed by atoms with Gasteiger partial charge in [0.15, 0.2) is 0 Å². The van der Waals surface area contributed by atoms with Gasteiger partial charge in [-0.2, -0.15) is 13.2 Å². The number of hydrogen-bond donors (Lipinski definition) is 1. The molecule has 0 aliphatic heterocycles. The number of hydrogen-bond acceptors (Lipinski definition) is 3. The van der Waals surface area contributed by atoms with E-state index in [-0.39, 0.29) is 6.54 Å². The van der Waals surface area contributed by atoms with E-state index in [9.17, 15) is 17.6 Å². The summed E-state index contributed by atoms with van der Waals surface area (Å²) in [5, 5.41) is 4.80. The molecule has 0 radical (unpaired) electrons. The Balaban J connectivity index is 2.01. The first-order chi connectivity index (χ1) is 8.97. The minimum Gasteiger partial charge on any atom is -0.307 e. The lowest BCUT2D eigenvalue weighted by Crippen LogP contribution is -2.14. The van der Waals surface area contributed by atoms with Crippen LogP contribution in [-0.2, 0) is 19.3 Å². The van der Waals surface area contributed by atoms with E-state index in [1.807, 2.05) is 5.38 Å². The maximum atomic E-state index is 13.1. The highest BCUT2D eigenvalue weighted by atomic mass is 32.1. The van der Waals surface area contributed by atoms with Crippen LogP contribution in [0.5, 0.6) is 0 Å². The van der Waals surface area contributed by atoms with Crippen molar-refractivity contribution in [2.24, 2.45) is 0 Å². The minimum absolute atomic E-state index is 0.223. The van der Waals surface area contributed by atoms with Crippen molar-refractivity contribution >= 4 is 11.3 Å². The van der Waals surface area contributed by atoms with E-state index in [2.05, 4.69) is 10.3 Å². The molecule has 102 valence electrons.